The molecule has 14 heavy (non-hydrogen) atoms. The second kappa shape index (κ2) is 3.50. The lowest BCUT2D eigenvalue weighted by Gasteiger charge is -2.33. The minimum atomic E-state index is 0.364. The van der Waals surface area contributed by atoms with E-state index in [0.717, 1.165) is 18.7 Å². The van der Waals surface area contributed by atoms with Gasteiger partial charge >= 0.3 is 0 Å². The van der Waals surface area contributed by atoms with Crippen molar-refractivity contribution in [3.63, 3.8) is 0 Å². The molecule has 1 aliphatic heterocycles. The van der Waals surface area contributed by atoms with Crippen LogP contribution in [0.4, 0.5) is 5.69 Å². The summed E-state index contributed by atoms with van der Waals surface area (Å²) in [6.45, 7) is 1.62. The van der Waals surface area contributed by atoms with E-state index in [1.165, 1.54) is 5.56 Å². The van der Waals surface area contributed by atoms with E-state index in [0.29, 0.717) is 18.2 Å². The second-order valence-corrected chi connectivity index (χ2v) is 3.86. The van der Waals surface area contributed by atoms with Crippen molar-refractivity contribution in [2.75, 3.05) is 25.0 Å². The number of fused-ring (bicyclic) bond motifs is 1. The fourth-order valence-corrected chi connectivity index (χ4v) is 2.16. The molecule has 0 fully saturated rings. The molecule has 0 aliphatic carbocycles. The van der Waals surface area contributed by atoms with Gasteiger partial charge in [0.1, 0.15) is 5.75 Å². The molecule has 0 radical (unpaired) electrons. The largest absolute Gasteiger partial charge is 0.506 e. The SMILES string of the molecule is CN1CCC(CN)c2cccc(O)c21. The van der Waals surface area contributed by atoms with E-state index < -0.39 is 0 Å². The molecule has 1 heterocycles. The zero-order valence-corrected chi connectivity index (χ0v) is 8.40. The van der Waals surface area contributed by atoms with Crippen LogP contribution in [0.1, 0.15) is 17.9 Å². The molecule has 3 nitrogen and oxygen atoms in total. The number of aromatic hydroxyl groups is 1. The summed E-state index contributed by atoms with van der Waals surface area (Å²) in [5, 5.41) is 9.76. The molecule has 1 aliphatic rings. The molecule has 1 atom stereocenters. The van der Waals surface area contributed by atoms with Gasteiger partial charge < -0.3 is 15.7 Å². The van der Waals surface area contributed by atoms with E-state index in [1.807, 2.05) is 13.1 Å². The van der Waals surface area contributed by atoms with Gasteiger partial charge in [-0.05, 0) is 30.5 Å². The van der Waals surface area contributed by atoms with Crippen LogP contribution in [0, 0.1) is 0 Å². The molecule has 0 saturated carbocycles. The van der Waals surface area contributed by atoms with Crippen LogP contribution < -0.4 is 10.6 Å². The smallest absolute Gasteiger partial charge is 0.139 e. The molecular weight excluding hydrogens is 176 g/mol. The summed E-state index contributed by atoms with van der Waals surface area (Å²) in [6, 6.07) is 5.67. The molecule has 3 N–H and O–H groups in total. The van der Waals surface area contributed by atoms with Gasteiger partial charge in [0.2, 0.25) is 0 Å². The third-order valence-electron chi connectivity index (χ3n) is 2.96. The summed E-state index contributed by atoms with van der Waals surface area (Å²) in [5.41, 5.74) is 7.85. The third-order valence-corrected chi connectivity index (χ3v) is 2.96. The van der Waals surface area contributed by atoms with Crippen molar-refractivity contribution in [2.24, 2.45) is 5.73 Å². The normalized spacial score (nSPS) is 20.7. The number of para-hydroxylation sites is 1. The van der Waals surface area contributed by atoms with Gasteiger partial charge in [-0.15, -0.1) is 0 Å². The predicted molar refractivity (Wildman–Crippen MR) is 57.8 cm³/mol. The molecule has 1 aromatic rings. The first-order valence-corrected chi connectivity index (χ1v) is 4.97. The highest BCUT2D eigenvalue weighted by Crippen LogP contribution is 2.39. The van der Waals surface area contributed by atoms with Gasteiger partial charge in [0.15, 0.2) is 0 Å². The molecular formula is C11H16N2O. The summed E-state index contributed by atoms with van der Waals surface area (Å²) < 4.78 is 0. The maximum atomic E-state index is 9.76. The van der Waals surface area contributed by atoms with Crippen LogP contribution in [0.15, 0.2) is 18.2 Å². The number of nitrogens with two attached hydrogens (primary N) is 1. The summed E-state index contributed by atoms with van der Waals surface area (Å²) in [7, 11) is 2.01. The topological polar surface area (TPSA) is 49.5 Å². The van der Waals surface area contributed by atoms with Crippen molar-refractivity contribution in [3.05, 3.63) is 23.8 Å². The fourth-order valence-electron chi connectivity index (χ4n) is 2.16. The molecule has 76 valence electrons. The molecule has 2 rings (SSSR count). The lowest BCUT2D eigenvalue weighted by Crippen LogP contribution is -2.30. The molecule has 1 unspecified atom stereocenters. The van der Waals surface area contributed by atoms with Crippen LogP contribution in [0.2, 0.25) is 0 Å². The lowest BCUT2D eigenvalue weighted by atomic mass is 9.90. The van der Waals surface area contributed by atoms with Gasteiger partial charge in [-0.1, -0.05) is 12.1 Å². The Hall–Kier alpha value is -1.22. The van der Waals surface area contributed by atoms with Crippen molar-refractivity contribution in [3.8, 4) is 5.75 Å². The zero-order valence-electron chi connectivity index (χ0n) is 8.40. The second-order valence-electron chi connectivity index (χ2n) is 3.86. The molecule has 0 bridgehead atoms. The van der Waals surface area contributed by atoms with Crippen LogP contribution in [-0.2, 0) is 0 Å². The van der Waals surface area contributed by atoms with Gasteiger partial charge in [-0.3, -0.25) is 0 Å². The van der Waals surface area contributed by atoms with Gasteiger partial charge in [0.05, 0.1) is 5.69 Å². The Labute approximate surface area is 84.1 Å². The van der Waals surface area contributed by atoms with E-state index in [2.05, 4.69) is 11.0 Å². The number of phenolic OH excluding ortho intramolecular Hbond substituents is 1. The average molecular weight is 192 g/mol. The predicted octanol–water partition coefficient (Wildman–Crippen LogP) is 1.27. The van der Waals surface area contributed by atoms with Crippen LogP contribution >= 0.6 is 0 Å². The van der Waals surface area contributed by atoms with Crippen LogP contribution in [-0.4, -0.2) is 25.2 Å². The average Bonchev–Trinajstić information content (AvgIpc) is 2.18. The van der Waals surface area contributed by atoms with Crippen molar-refractivity contribution < 1.29 is 5.11 Å². The Bertz CT molecular complexity index is 338. The van der Waals surface area contributed by atoms with E-state index in [4.69, 9.17) is 5.73 Å². The Morgan fingerprint density at radius 3 is 3.07 bits per heavy atom. The zero-order chi connectivity index (χ0) is 10.1. The minimum absolute atomic E-state index is 0.364. The molecule has 3 heteroatoms. The molecule has 0 amide bonds. The lowest BCUT2D eigenvalue weighted by molar-refractivity contribution is 0.468. The van der Waals surface area contributed by atoms with Crippen LogP contribution in [0.3, 0.4) is 0 Å². The minimum Gasteiger partial charge on any atom is -0.506 e. The van der Waals surface area contributed by atoms with E-state index in [1.54, 1.807) is 6.07 Å². The first-order valence-electron chi connectivity index (χ1n) is 4.97. The highest BCUT2D eigenvalue weighted by atomic mass is 16.3. The Morgan fingerprint density at radius 1 is 1.57 bits per heavy atom. The third kappa shape index (κ3) is 1.34. The summed E-state index contributed by atoms with van der Waals surface area (Å²) in [5.74, 6) is 0.761. The monoisotopic (exact) mass is 192 g/mol. The van der Waals surface area contributed by atoms with Gasteiger partial charge in [0, 0.05) is 13.6 Å². The van der Waals surface area contributed by atoms with Crippen molar-refractivity contribution >= 4 is 5.69 Å². The first kappa shape index (κ1) is 9.34. The van der Waals surface area contributed by atoms with Crippen molar-refractivity contribution in [1.29, 1.82) is 0 Å². The maximum absolute atomic E-state index is 9.76. The standard InChI is InChI=1S/C11H16N2O/c1-13-6-5-8(7-12)9-3-2-4-10(14)11(9)13/h2-4,8,14H,5-7,12H2,1H3. The van der Waals surface area contributed by atoms with Crippen LogP contribution in [0.25, 0.3) is 0 Å². The number of phenols is 1. The molecule has 0 spiro atoms. The van der Waals surface area contributed by atoms with Crippen molar-refractivity contribution in [1.82, 2.24) is 0 Å². The highest BCUT2D eigenvalue weighted by molar-refractivity contribution is 5.65. The fraction of sp³-hybridized carbons (Fsp3) is 0.455. The Morgan fingerprint density at radius 2 is 2.36 bits per heavy atom. The first-order chi connectivity index (χ1) is 6.74. The van der Waals surface area contributed by atoms with Gasteiger partial charge in [-0.25, -0.2) is 0 Å². The number of hydrogen-bond acceptors (Lipinski definition) is 3. The van der Waals surface area contributed by atoms with Gasteiger partial charge in [0.25, 0.3) is 0 Å². The Balaban J connectivity index is 2.50. The summed E-state index contributed by atoms with van der Waals surface area (Å²) >= 11 is 0. The summed E-state index contributed by atoms with van der Waals surface area (Å²) in [6.07, 6.45) is 1.07. The summed E-state index contributed by atoms with van der Waals surface area (Å²) in [4.78, 5) is 2.09. The number of anilines is 1. The Kier molecular flexibility index (Phi) is 2.33. The molecule has 1 aromatic carbocycles. The van der Waals surface area contributed by atoms with E-state index in [9.17, 15) is 5.11 Å². The maximum Gasteiger partial charge on any atom is 0.139 e. The van der Waals surface area contributed by atoms with E-state index in [-0.39, 0.29) is 0 Å². The van der Waals surface area contributed by atoms with Crippen molar-refractivity contribution in [2.45, 2.75) is 12.3 Å². The van der Waals surface area contributed by atoms with E-state index >= 15 is 0 Å². The highest BCUT2D eigenvalue weighted by Gasteiger charge is 2.24. The quantitative estimate of drug-likeness (QED) is 0.704. The molecule has 0 aromatic heterocycles. The molecule has 0 saturated heterocycles. The number of rotatable bonds is 1. The van der Waals surface area contributed by atoms with Crippen LogP contribution in [0.5, 0.6) is 5.75 Å². The number of benzene rings is 1. The number of hydrogen-bond donors (Lipinski definition) is 2. The van der Waals surface area contributed by atoms with Gasteiger partial charge in [-0.2, -0.15) is 0 Å². The number of nitrogens with zero attached hydrogens (tertiary/aromatic N) is 1.